The standard InChI is InChI=1S/C11H12ClN3/c12-9-3-4-10(14-7-5-13)11-8(9)2-1-6-15-11/h1-4,6,14H,5,7,13H2. The number of fused-ring (bicyclic) bond motifs is 1. The monoisotopic (exact) mass is 221 g/mol. The van der Waals surface area contributed by atoms with Gasteiger partial charge in [-0.25, -0.2) is 0 Å². The topological polar surface area (TPSA) is 50.9 Å². The molecule has 0 saturated carbocycles. The second kappa shape index (κ2) is 4.47. The number of hydrogen-bond acceptors (Lipinski definition) is 3. The lowest BCUT2D eigenvalue weighted by atomic mass is 10.2. The van der Waals surface area contributed by atoms with E-state index in [4.69, 9.17) is 17.3 Å². The molecule has 3 N–H and O–H groups in total. The lowest BCUT2D eigenvalue weighted by Gasteiger charge is -2.08. The van der Waals surface area contributed by atoms with Crippen LogP contribution in [0.4, 0.5) is 5.69 Å². The van der Waals surface area contributed by atoms with Crippen LogP contribution in [0, 0.1) is 0 Å². The molecule has 2 aromatic rings. The fourth-order valence-corrected chi connectivity index (χ4v) is 1.70. The summed E-state index contributed by atoms with van der Waals surface area (Å²) in [6.07, 6.45) is 1.76. The Morgan fingerprint density at radius 1 is 1.33 bits per heavy atom. The molecule has 0 amide bonds. The van der Waals surface area contributed by atoms with Crippen LogP contribution in [-0.2, 0) is 0 Å². The highest BCUT2D eigenvalue weighted by molar-refractivity contribution is 6.35. The number of halogens is 1. The molecule has 0 saturated heterocycles. The fraction of sp³-hybridized carbons (Fsp3) is 0.182. The van der Waals surface area contributed by atoms with Crippen LogP contribution in [-0.4, -0.2) is 18.1 Å². The third kappa shape index (κ3) is 2.03. The molecule has 1 aromatic carbocycles. The Bertz CT molecular complexity index is 470. The predicted octanol–water partition coefficient (Wildman–Crippen LogP) is 2.26. The quantitative estimate of drug-likeness (QED) is 0.836. The average molecular weight is 222 g/mol. The van der Waals surface area contributed by atoms with Crippen molar-refractivity contribution in [3.8, 4) is 0 Å². The third-order valence-electron chi connectivity index (χ3n) is 2.18. The predicted molar refractivity (Wildman–Crippen MR) is 64.3 cm³/mol. The molecule has 0 radical (unpaired) electrons. The van der Waals surface area contributed by atoms with Crippen LogP contribution in [0.15, 0.2) is 30.5 Å². The number of rotatable bonds is 3. The van der Waals surface area contributed by atoms with Gasteiger partial charge < -0.3 is 11.1 Å². The summed E-state index contributed by atoms with van der Waals surface area (Å²) >= 11 is 6.07. The molecule has 1 aromatic heterocycles. The SMILES string of the molecule is NCCNc1ccc(Cl)c2cccnc12. The summed E-state index contributed by atoms with van der Waals surface area (Å²) < 4.78 is 0. The van der Waals surface area contributed by atoms with E-state index in [2.05, 4.69) is 10.3 Å². The molecule has 78 valence electrons. The number of pyridine rings is 1. The summed E-state index contributed by atoms with van der Waals surface area (Å²) in [5.74, 6) is 0. The number of aromatic nitrogens is 1. The number of hydrogen-bond donors (Lipinski definition) is 2. The summed E-state index contributed by atoms with van der Waals surface area (Å²) in [6, 6.07) is 7.62. The lowest BCUT2D eigenvalue weighted by Crippen LogP contribution is -2.13. The van der Waals surface area contributed by atoms with Gasteiger partial charge in [-0.05, 0) is 24.3 Å². The van der Waals surface area contributed by atoms with Gasteiger partial charge in [-0.3, -0.25) is 4.98 Å². The normalized spacial score (nSPS) is 10.5. The van der Waals surface area contributed by atoms with E-state index in [0.29, 0.717) is 6.54 Å². The summed E-state index contributed by atoms with van der Waals surface area (Å²) in [6.45, 7) is 1.32. The first kappa shape index (κ1) is 10.2. The first-order valence-electron chi connectivity index (χ1n) is 4.80. The highest BCUT2D eigenvalue weighted by Gasteiger charge is 2.04. The number of nitrogens with one attached hydrogen (secondary N) is 1. The van der Waals surface area contributed by atoms with E-state index in [1.165, 1.54) is 0 Å². The molecule has 0 bridgehead atoms. The molecular weight excluding hydrogens is 210 g/mol. The first-order chi connectivity index (χ1) is 7.33. The van der Waals surface area contributed by atoms with Crippen LogP contribution in [0.2, 0.25) is 5.02 Å². The second-order valence-corrected chi connectivity index (χ2v) is 3.62. The van der Waals surface area contributed by atoms with Crippen molar-refractivity contribution < 1.29 is 0 Å². The zero-order valence-corrected chi connectivity index (χ0v) is 8.96. The average Bonchev–Trinajstić information content (AvgIpc) is 2.29. The minimum atomic E-state index is 0.594. The van der Waals surface area contributed by atoms with Crippen molar-refractivity contribution in [2.45, 2.75) is 0 Å². The minimum absolute atomic E-state index is 0.594. The van der Waals surface area contributed by atoms with Gasteiger partial charge in [0, 0.05) is 24.7 Å². The Labute approximate surface area is 93.3 Å². The molecule has 0 aliphatic heterocycles. The van der Waals surface area contributed by atoms with E-state index in [-0.39, 0.29) is 0 Å². The Morgan fingerprint density at radius 2 is 2.20 bits per heavy atom. The van der Waals surface area contributed by atoms with Crippen molar-refractivity contribution in [3.63, 3.8) is 0 Å². The van der Waals surface area contributed by atoms with Gasteiger partial charge >= 0.3 is 0 Å². The summed E-state index contributed by atoms with van der Waals surface area (Å²) in [5, 5.41) is 4.90. The van der Waals surface area contributed by atoms with Gasteiger partial charge in [0.25, 0.3) is 0 Å². The molecule has 0 fully saturated rings. The van der Waals surface area contributed by atoms with E-state index in [0.717, 1.165) is 28.2 Å². The van der Waals surface area contributed by atoms with Crippen molar-refractivity contribution in [2.75, 3.05) is 18.4 Å². The zero-order chi connectivity index (χ0) is 10.7. The number of anilines is 1. The molecule has 3 nitrogen and oxygen atoms in total. The zero-order valence-electron chi connectivity index (χ0n) is 8.20. The third-order valence-corrected chi connectivity index (χ3v) is 2.51. The molecule has 15 heavy (non-hydrogen) atoms. The van der Waals surface area contributed by atoms with Crippen LogP contribution < -0.4 is 11.1 Å². The Morgan fingerprint density at radius 3 is 3.00 bits per heavy atom. The van der Waals surface area contributed by atoms with Gasteiger partial charge in [0.2, 0.25) is 0 Å². The molecule has 0 unspecified atom stereocenters. The summed E-state index contributed by atoms with van der Waals surface area (Å²) in [7, 11) is 0. The Hall–Kier alpha value is -1.32. The first-order valence-corrected chi connectivity index (χ1v) is 5.18. The van der Waals surface area contributed by atoms with E-state index in [1.807, 2.05) is 24.3 Å². The molecule has 4 heteroatoms. The van der Waals surface area contributed by atoms with Crippen molar-refractivity contribution >= 4 is 28.2 Å². The van der Waals surface area contributed by atoms with Crippen molar-refractivity contribution in [1.82, 2.24) is 4.98 Å². The van der Waals surface area contributed by atoms with Gasteiger partial charge in [0.1, 0.15) is 0 Å². The lowest BCUT2D eigenvalue weighted by molar-refractivity contribution is 1.03. The van der Waals surface area contributed by atoms with Crippen molar-refractivity contribution in [3.05, 3.63) is 35.5 Å². The molecule has 0 atom stereocenters. The molecule has 2 rings (SSSR count). The van der Waals surface area contributed by atoms with Gasteiger partial charge in [0.05, 0.1) is 16.2 Å². The van der Waals surface area contributed by atoms with Gasteiger partial charge in [0.15, 0.2) is 0 Å². The van der Waals surface area contributed by atoms with E-state index in [9.17, 15) is 0 Å². The van der Waals surface area contributed by atoms with E-state index >= 15 is 0 Å². The number of benzene rings is 1. The van der Waals surface area contributed by atoms with Crippen LogP contribution in [0.5, 0.6) is 0 Å². The maximum Gasteiger partial charge on any atom is 0.0948 e. The van der Waals surface area contributed by atoms with Crippen LogP contribution in [0.1, 0.15) is 0 Å². The van der Waals surface area contributed by atoms with E-state index in [1.54, 1.807) is 6.20 Å². The number of nitrogens with two attached hydrogens (primary N) is 1. The highest BCUT2D eigenvalue weighted by atomic mass is 35.5. The smallest absolute Gasteiger partial charge is 0.0948 e. The van der Waals surface area contributed by atoms with Gasteiger partial charge in [-0.1, -0.05) is 11.6 Å². The van der Waals surface area contributed by atoms with Crippen molar-refractivity contribution in [2.24, 2.45) is 5.73 Å². The summed E-state index contributed by atoms with van der Waals surface area (Å²) in [5.41, 5.74) is 7.30. The van der Waals surface area contributed by atoms with Crippen LogP contribution in [0.25, 0.3) is 10.9 Å². The largest absolute Gasteiger partial charge is 0.382 e. The molecule has 0 aliphatic carbocycles. The summed E-state index contributed by atoms with van der Waals surface area (Å²) in [4.78, 5) is 4.31. The molecule has 1 heterocycles. The Kier molecular flexibility index (Phi) is 3.04. The van der Waals surface area contributed by atoms with E-state index < -0.39 is 0 Å². The highest BCUT2D eigenvalue weighted by Crippen LogP contribution is 2.27. The second-order valence-electron chi connectivity index (χ2n) is 3.21. The maximum atomic E-state index is 6.07. The van der Waals surface area contributed by atoms with Crippen molar-refractivity contribution in [1.29, 1.82) is 0 Å². The minimum Gasteiger partial charge on any atom is -0.382 e. The molecular formula is C11H12ClN3. The maximum absolute atomic E-state index is 6.07. The van der Waals surface area contributed by atoms with Gasteiger partial charge in [-0.15, -0.1) is 0 Å². The van der Waals surface area contributed by atoms with Gasteiger partial charge in [-0.2, -0.15) is 0 Å². The molecule has 0 spiro atoms. The van der Waals surface area contributed by atoms with Crippen LogP contribution >= 0.6 is 11.6 Å². The number of nitrogens with zero attached hydrogens (tertiary/aromatic N) is 1. The fourth-order valence-electron chi connectivity index (χ4n) is 1.49. The Balaban J connectivity index is 2.51. The van der Waals surface area contributed by atoms with Crippen LogP contribution in [0.3, 0.4) is 0 Å². The molecule has 0 aliphatic rings.